The molecular weight excluding hydrogens is 373 g/mol. The normalized spacial score (nSPS) is 12.7. The summed E-state index contributed by atoms with van der Waals surface area (Å²) in [5.74, 6) is -0.214. The Morgan fingerprint density at radius 3 is 2.56 bits per heavy atom. The lowest BCUT2D eigenvalue weighted by Crippen LogP contribution is -2.32. The van der Waals surface area contributed by atoms with E-state index in [-0.39, 0.29) is 16.0 Å². The highest BCUT2D eigenvalue weighted by Crippen LogP contribution is 2.35. The molecular formula is C17H16ClF3N2OS. The fraction of sp³-hybridized carbons (Fsp3) is 0.294. The number of nitrogens with zero attached hydrogens (tertiary/aromatic N) is 1. The van der Waals surface area contributed by atoms with Crippen LogP contribution in [0.3, 0.4) is 0 Å². The van der Waals surface area contributed by atoms with E-state index in [4.69, 9.17) is 11.6 Å². The van der Waals surface area contributed by atoms with E-state index in [1.165, 1.54) is 0 Å². The van der Waals surface area contributed by atoms with Crippen molar-refractivity contribution in [1.82, 2.24) is 10.3 Å². The standard InChI is InChI=1S/C17H16ClF3N2OS/c1-2-14(15(24)22-9-11-6-4-3-5-7-11)25-16-13(18)8-12(10-23-16)17(19,20)21/h3-8,10,14H,2,9H2,1H3,(H,22,24)/t14-/m0/s1. The molecule has 0 fully saturated rings. The number of pyridine rings is 1. The van der Waals surface area contributed by atoms with Crippen LogP contribution in [0.1, 0.15) is 24.5 Å². The second kappa shape index (κ2) is 8.58. The number of nitrogens with one attached hydrogen (secondary N) is 1. The minimum atomic E-state index is -4.50. The number of hydrogen-bond acceptors (Lipinski definition) is 3. The number of amides is 1. The van der Waals surface area contributed by atoms with Gasteiger partial charge in [-0.25, -0.2) is 4.98 Å². The number of alkyl halides is 3. The summed E-state index contributed by atoms with van der Waals surface area (Å²) in [7, 11) is 0. The minimum absolute atomic E-state index is 0.117. The molecule has 2 rings (SSSR count). The van der Waals surface area contributed by atoms with Gasteiger partial charge in [0.15, 0.2) is 0 Å². The average Bonchev–Trinajstić information content (AvgIpc) is 2.58. The minimum Gasteiger partial charge on any atom is -0.351 e. The zero-order valence-corrected chi connectivity index (χ0v) is 14.9. The summed E-state index contributed by atoms with van der Waals surface area (Å²) in [4.78, 5) is 16.1. The van der Waals surface area contributed by atoms with E-state index in [1.807, 2.05) is 37.3 Å². The maximum Gasteiger partial charge on any atom is 0.417 e. The van der Waals surface area contributed by atoms with Gasteiger partial charge < -0.3 is 5.32 Å². The molecule has 2 aromatic rings. The third-order valence-electron chi connectivity index (χ3n) is 3.36. The summed E-state index contributed by atoms with van der Waals surface area (Å²) < 4.78 is 37.9. The molecule has 0 radical (unpaired) electrons. The van der Waals surface area contributed by atoms with Crippen molar-refractivity contribution >= 4 is 29.3 Å². The zero-order chi connectivity index (χ0) is 18.4. The van der Waals surface area contributed by atoms with Gasteiger partial charge in [0.2, 0.25) is 5.91 Å². The zero-order valence-electron chi connectivity index (χ0n) is 13.3. The summed E-state index contributed by atoms with van der Waals surface area (Å²) in [6.45, 7) is 2.20. The summed E-state index contributed by atoms with van der Waals surface area (Å²) >= 11 is 6.95. The highest BCUT2D eigenvalue weighted by Gasteiger charge is 2.32. The summed E-state index contributed by atoms with van der Waals surface area (Å²) in [6.07, 6.45) is -3.29. The van der Waals surface area contributed by atoms with Crippen molar-refractivity contribution in [2.45, 2.75) is 36.3 Å². The molecule has 1 heterocycles. The van der Waals surface area contributed by atoms with Gasteiger partial charge in [-0.15, -0.1) is 0 Å². The highest BCUT2D eigenvalue weighted by molar-refractivity contribution is 8.00. The molecule has 1 aromatic carbocycles. The molecule has 0 aliphatic heterocycles. The Labute approximate surface area is 153 Å². The molecule has 1 aromatic heterocycles. The molecule has 25 heavy (non-hydrogen) atoms. The maximum absolute atomic E-state index is 12.6. The first kappa shape index (κ1) is 19.6. The summed E-state index contributed by atoms with van der Waals surface area (Å²) in [5, 5.41) is 2.41. The monoisotopic (exact) mass is 388 g/mol. The molecule has 0 aliphatic rings. The second-order valence-corrected chi connectivity index (χ2v) is 6.83. The Morgan fingerprint density at radius 1 is 1.32 bits per heavy atom. The third kappa shape index (κ3) is 5.64. The van der Waals surface area contributed by atoms with E-state index in [1.54, 1.807) is 0 Å². The van der Waals surface area contributed by atoms with Crippen LogP contribution in [0.5, 0.6) is 0 Å². The number of halogens is 4. The first-order valence-electron chi connectivity index (χ1n) is 7.52. The van der Waals surface area contributed by atoms with E-state index in [9.17, 15) is 18.0 Å². The van der Waals surface area contributed by atoms with Crippen LogP contribution in [0.4, 0.5) is 13.2 Å². The van der Waals surface area contributed by atoms with Crippen molar-refractivity contribution < 1.29 is 18.0 Å². The smallest absolute Gasteiger partial charge is 0.351 e. The SMILES string of the molecule is CC[C@H](Sc1ncc(C(F)(F)F)cc1Cl)C(=O)NCc1ccccc1. The Hall–Kier alpha value is -1.73. The van der Waals surface area contributed by atoms with Crippen molar-refractivity contribution in [2.24, 2.45) is 0 Å². The van der Waals surface area contributed by atoms with Crippen molar-refractivity contribution in [3.8, 4) is 0 Å². The van der Waals surface area contributed by atoms with Crippen LogP contribution in [0.25, 0.3) is 0 Å². The van der Waals surface area contributed by atoms with Crippen LogP contribution >= 0.6 is 23.4 Å². The molecule has 0 saturated heterocycles. The number of aromatic nitrogens is 1. The second-order valence-electron chi connectivity index (χ2n) is 5.23. The number of rotatable bonds is 6. The Morgan fingerprint density at radius 2 is 2.00 bits per heavy atom. The molecule has 134 valence electrons. The van der Waals surface area contributed by atoms with E-state index in [2.05, 4.69) is 10.3 Å². The van der Waals surface area contributed by atoms with Crippen LogP contribution in [-0.4, -0.2) is 16.1 Å². The van der Waals surface area contributed by atoms with E-state index >= 15 is 0 Å². The Kier molecular flexibility index (Phi) is 6.72. The van der Waals surface area contributed by atoms with Crippen LogP contribution in [-0.2, 0) is 17.5 Å². The molecule has 8 heteroatoms. The lowest BCUT2D eigenvalue weighted by atomic mass is 10.2. The fourth-order valence-corrected chi connectivity index (χ4v) is 3.23. The van der Waals surface area contributed by atoms with Gasteiger partial charge in [0.1, 0.15) is 5.03 Å². The molecule has 1 amide bonds. The van der Waals surface area contributed by atoms with Crippen LogP contribution in [0, 0.1) is 0 Å². The molecule has 0 bridgehead atoms. The average molecular weight is 389 g/mol. The van der Waals surface area contributed by atoms with E-state index < -0.39 is 17.0 Å². The van der Waals surface area contributed by atoms with Gasteiger partial charge in [0.25, 0.3) is 0 Å². The lowest BCUT2D eigenvalue weighted by molar-refractivity contribution is -0.137. The first-order valence-corrected chi connectivity index (χ1v) is 8.78. The van der Waals surface area contributed by atoms with Gasteiger partial charge >= 0.3 is 6.18 Å². The molecule has 1 N–H and O–H groups in total. The summed E-state index contributed by atoms with van der Waals surface area (Å²) in [5.41, 5.74) is 0.0461. The Bertz CT molecular complexity index is 726. The van der Waals surface area contributed by atoms with Crippen molar-refractivity contribution in [2.75, 3.05) is 0 Å². The highest BCUT2D eigenvalue weighted by atomic mass is 35.5. The quantitative estimate of drug-likeness (QED) is 0.712. The maximum atomic E-state index is 12.6. The van der Waals surface area contributed by atoms with Gasteiger partial charge in [-0.2, -0.15) is 13.2 Å². The molecule has 0 saturated carbocycles. The van der Waals surface area contributed by atoms with Crippen LogP contribution in [0.2, 0.25) is 5.02 Å². The van der Waals surface area contributed by atoms with Crippen LogP contribution in [0.15, 0.2) is 47.6 Å². The number of hydrogen-bond donors (Lipinski definition) is 1. The molecule has 0 aliphatic carbocycles. The predicted molar refractivity (Wildman–Crippen MR) is 92.5 cm³/mol. The number of carbonyl (C=O) groups is 1. The van der Waals surface area contributed by atoms with Crippen molar-refractivity contribution in [3.05, 3.63) is 58.7 Å². The van der Waals surface area contributed by atoms with Gasteiger partial charge in [-0.1, -0.05) is 60.6 Å². The lowest BCUT2D eigenvalue weighted by Gasteiger charge is -2.15. The van der Waals surface area contributed by atoms with E-state index in [0.717, 1.165) is 29.6 Å². The number of thioether (sulfide) groups is 1. The number of benzene rings is 1. The summed E-state index contributed by atoms with van der Waals surface area (Å²) in [6, 6.07) is 10.2. The van der Waals surface area contributed by atoms with Gasteiger partial charge in [-0.05, 0) is 18.1 Å². The first-order chi connectivity index (χ1) is 11.8. The number of carbonyl (C=O) groups excluding carboxylic acids is 1. The van der Waals surface area contributed by atoms with Crippen molar-refractivity contribution in [3.63, 3.8) is 0 Å². The van der Waals surface area contributed by atoms with Gasteiger partial charge in [0, 0.05) is 12.7 Å². The van der Waals surface area contributed by atoms with Crippen molar-refractivity contribution in [1.29, 1.82) is 0 Å². The molecule has 0 unspecified atom stereocenters. The largest absolute Gasteiger partial charge is 0.417 e. The predicted octanol–water partition coefficient (Wildman–Crippen LogP) is 4.94. The van der Waals surface area contributed by atoms with Gasteiger partial charge in [-0.3, -0.25) is 4.79 Å². The topological polar surface area (TPSA) is 42.0 Å². The van der Waals surface area contributed by atoms with Crippen LogP contribution < -0.4 is 5.32 Å². The van der Waals surface area contributed by atoms with E-state index in [0.29, 0.717) is 13.0 Å². The third-order valence-corrected chi connectivity index (χ3v) is 5.14. The fourth-order valence-electron chi connectivity index (χ4n) is 2.02. The molecule has 3 nitrogen and oxygen atoms in total. The Balaban J connectivity index is 2.02. The molecule has 1 atom stereocenters. The molecule has 0 spiro atoms. The van der Waals surface area contributed by atoms with Gasteiger partial charge in [0.05, 0.1) is 15.8 Å².